The molecule has 13 heavy (non-hydrogen) atoms. The molecule has 3 heteroatoms. The zero-order chi connectivity index (χ0) is 10.3. The Kier molecular flexibility index (Phi) is 2.11. The number of hydrogen-bond acceptors (Lipinski definition) is 3. The third-order valence-electron chi connectivity index (χ3n) is 2.51. The second-order valence-electron chi connectivity index (χ2n) is 4.91. The van der Waals surface area contributed by atoms with Gasteiger partial charge in [0.15, 0.2) is 5.41 Å². The number of nitriles is 1. The first-order valence-corrected chi connectivity index (χ1v) is 4.42. The third-order valence-corrected chi connectivity index (χ3v) is 2.51. The molecular formula is C10H15NO2. The maximum Gasteiger partial charge on any atom is 0.326 e. The fourth-order valence-electron chi connectivity index (χ4n) is 1.33. The summed E-state index contributed by atoms with van der Waals surface area (Å²) in [6.45, 7) is 7.66. The molecule has 0 N–H and O–H groups in total. The van der Waals surface area contributed by atoms with E-state index in [4.69, 9.17) is 10.00 Å². The van der Waals surface area contributed by atoms with Gasteiger partial charge in [0.25, 0.3) is 0 Å². The number of carbonyl (C=O) groups excluding carboxylic acids is 1. The van der Waals surface area contributed by atoms with Gasteiger partial charge in [-0.1, -0.05) is 20.8 Å². The van der Waals surface area contributed by atoms with Gasteiger partial charge < -0.3 is 4.74 Å². The molecule has 0 amide bonds. The molecule has 0 unspecified atom stereocenters. The van der Waals surface area contributed by atoms with Gasteiger partial charge in [-0.15, -0.1) is 0 Å². The van der Waals surface area contributed by atoms with Crippen molar-refractivity contribution in [2.24, 2.45) is 10.8 Å². The van der Waals surface area contributed by atoms with Crippen molar-refractivity contribution in [2.45, 2.75) is 40.2 Å². The zero-order valence-electron chi connectivity index (χ0n) is 8.55. The highest BCUT2D eigenvalue weighted by Crippen LogP contribution is 2.40. The molecule has 1 heterocycles. The van der Waals surface area contributed by atoms with E-state index in [0.717, 1.165) is 0 Å². The molecule has 72 valence electrons. The molecule has 1 rings (SSSR count). The molecule has 0 radical (unpaired) electrons. The number of esters is 1. The highest BCUT2D eigenvalue weighted by atomic mass is 16.6. The van der Waals surface area contributed by atoms with E-state index in [-0.39, 0.29) is 17.5 Å². The first kappa shape index (κ1) is 10.0. The number of hydrogen-bond donors (Lipinski definition) is 0. The van der Waals surface area contributed by atoms with Crippen molar-refractivity contribution in [2.75, 3.05) is 0 Å². The summed E-state index contributed by atoms with van der Waals surface area (Å²) in [4.78, 5) is 11.3. The molecule has 0 aromatic carbocycles. The zero-order valence-corrected chi connectivity index (χ0v) is 8.55. The van der Waals surface area contributed by atoms with E-state index in [1.807, 2.05) is 26.8 Å². The number of nitrogens with zero attached hydrogens (tertiary/aromatic N) is 1. The lowest BCUT2D eigenvalue weighted by Gasteiger charge is -2.25. The number of carbonyl (C=O) groups is 1. The minimum Gasteiger partial charge on any atom is -0.461 e. The van der Waals surface area contributed by atoms with E-state index in [2.05, 4.69) is 0 Å². The van der Waals surface area contributed by atoms with Crippen LogP contribution >= 0.6 is 0 Å². The van der Waals surface area contributed by atoms with Crippen molar-refractivity contribution in [1.82, 2.24) is 0 Å². The van der Waals surface area contributed by atoms with Crippen LogP contribution < -0.4 is 0 Å². The Morgan fingerprint density at radius 3 is 2.38 bits per heavy atom. The maximum absolute atomic E-state index is 11.3. The van der Waals surface area contributed by atoms with Gasteiger partial charge in [0.1, 0.15) is 6.10 Å². The van der Waals surface area contributed by atoms with E-state index >= 15 is 0 Å². The largest absolute Gasteiger partial charge is 0.461 e. The monoisotopic (exact) mass is 181 g/mol. The SMILES string of the molecule is CC(C)(C)[C@H]1C[C@](C)(C#N)C(=O)O1. The van der Waals surface area contributed by atoms with Crippen LogP contribution in [0.15, 0.2) is 0 Å². The summed E-state index contributed by atoms with van der Waals surface area (Å²) >= 11 is 0. The molecule has 1 aliphatic rings. The molecule has 0 aliphatic carbocycles. The van der Waals surface area contributed by atoms with Gasteiger partial charge in [-0.25, -0.2) is 0 Å². The summed E-state index contributed by atoms with van der Waals surface area (Å²) in [5.74, 6) is -0.380. The number of cyclic esters (lactones) is 1. The Labute approximate surface area is 78.7 Å². The number of ether oxygens (including phenoxy) is 1. The van der Waals surface area contributed by atoms with Crippen LogP contribution in [0, 0.1) is 22.2 Å². The Bertz CT molecular complexity index is 272. The van der Waals surface area contributed by atoms with Crippen molar-refractivity contribution < 1.29 is 9.53 Å². The molecule has 0 spiro atoms. The molecule has 0 bridgehead atoms. The van der Waals surface area contributed by atoms with Gasteiger partial charge >= 0.3 is 5.97 Å². The Hall–Kier alpha value is -1.04. The lowest BCUT2D eigenvalue weighted by molar-refractivity contribution is -0.149. The van der Waals surface area contributed by atoms with Gasteiger partial charge in [-0.05, 0) is 12.3 Å². The second-order valence-corrected chi connectivity index (χ2v) is 4.91. The van der Waals surface area contributed by atoms with Crippen LogP contribution in [0.4, 0.5) is 0 Å². The van der Waals surface area contributed by atoms with Gasteiger partial charge in [0.05, 0.1) is 6.07 Å². The van der Waals surface area contributed by atoms with Gasteiger partial charge in [-0.3, -0.25) is 4.79 Å². The first-order valence-electron chi connectivity index (χ1n) is 4.42. The van der Waals surface area contributed by atoms with Crippen LogP contribution in [0.3, 0.4) is 0 Å². The highest BCUT2D eigenvalue weighted by Gasteiger charge is 2.49. The van der Waals surface area contributed by atoms with Crippen LogP contribution in [-0.4, -0.2) is 12.1 Å². The first-order chi connectivity index (χ1) is 5.79. The van der Waals surface area contributed by atoms with Crippen molar-refractivity contribution in [3.05, 3.63) is 0 Å². The predicted molar refractivity (Wildman–Crippen MR) is 47.7 cm³/mol. The van der Waals surface area contributed by atoms with Gasteiger partial charge in [0.2, 0.25) is 0 Å². The Balaban J connectivity index is 2.85. The van der Waals surface area contributed by atoms with Crippen LogP contribution in [0.2, 0.25) is 0 Å². The fourth-order valence-corrected chi connectivity index (χ4v) is 1.33. The quantitative estimate of drug-likeness (QED) is 0.536. The van der Waals surface area contributed by atoms with E-state index in [1.165, 1.54) is 0 Å². The summed E-state index contributed by atoms with van der Waals surface area (Å²) in [6.07, 6.45) is 0.371. The van der Waals surface area contributed by atoms with Crippen molar-refractivity contribution >= 4 is 5.97 Å². The van der Waals surface area contributed by atoms with Crippen LogP contribution in [-0.2, 0) is 9.53 Å². The van der Waals surface area contributed by atoms with E-state index < -0.39 is 5.41 Å². The Morgan fingerprint density at radius 1 is 1.62 bits per heavy atom. The molecule has 1 aliphatic heterocycles. The molecule has 1 fully saturated rings. The molecule has 0 saturated carbocycles. The van der Waals surface area contributed by atoms with Gasteiger partial charge in [0, 0.05) is 6.42 Å². The average Bonchev–Trinajstić information content (AvgIpc) is 2.29. The minimum absolute atomic E-state index is 0.0791. The fraction of sp³-hybridized carbons (Fsp3) is 0.800. The minimum atomic E-state index is -0.933. The van der Waals surface area contributed by atoms with Gasteiger partial charge in [-0.2, -0.15) is 5.26 Å². The summed E-state index contributed by atoms with van der Waals surface area (Å²) in [5, 5.41) is 8.83. The van der Waals surface area contributed by atoms with E-state index in [0.29, 0.717) is 6.42 Å². The molecular weight excluding hydrogens is 166 g/mol. The average molecular weight is 181 g/mol. The van der Waals surface area contributed by atoms with Crippen molar-refractivity contribution in [3.8, 4) is 6.07 Å². The van der Waals surface area contributed by atoms with Crippen LogP contribution in [0.5, 0.6) is 0 Å². The number of rotatable bonds is 0. The molecule has 1 saturated heterocycles. The summed E-state index contributed by atoms with van der Waals surface area (Å²) < 4.78 is 5.17. The molecule has 2 atom stereocenters. The maximum atomic E-state index is 11.3. The summed E-state index contributed by atoms with van der Waals surface area (Å²) in [7, 11) is 0. The topological polar surface area (TPSA) is 50.1 Å². The van der Waals surface area contributed by atoms with Crippen LogP contribution in [0.1, 0.15) is 34.1 Å². The van der Waals surface area contributed by atoms with Crippen molar-refractivity contribution in [1.29, 1.82) is 5.26 Å². The summed E-state index contributed by atoms with van der Waals surface area (Å²) in [6, 6.07) is 2.02. The standard InChI is InChI=1S/C10H15NO2/c1-9(2,3)7-5-10(4,6-11)8(12)13-7/h7H,5H2,1-4H3/t7-,10-/m1/s1. The Morgan fingerprint density at radius 2 is 2.15 bits per heavy atom. The van der Waals surface area contributed by atoms with Crippen molar-refractivity contribution in [3.63, 3.8) is 0 Å². The lowest BCUT2D eigenvalue weighted by Crippen LogP contribution is -2.26. The highest BCUT2D eigenvalue weighted by molar-refractivity contribution is 5.81. The van der Waals surface area contributed by atoms with E-state index in [9.17, 15) is 4.79 Å². The molecule has 0 aromatic rings. The lowest BCUT2D eigenvalue weighted by atomic mass is 9.80. The van der Waals surface area contributed by atoms with Crippen LogP contribution in [0.25, 0.3) is 0 Å². The predicted octanol–water partition coefficient (Wildman–Crippen LogP) is 1.88. The molecule has 3 nitrogen and oxygen atoms in total. The third kappa shape index (κ3) is 1.67. The smallest absolute Gasteiger partial charge is 0.326 e. The second kappa shape index (κ2) is 2.73. The van der Waals surface area contributed by atoms with E-state index in [1.54, 1.807) is 6.92 Å². The summed E-state index contributed by atoms with van der Waals surface area (Å²) in [5.41, 5.74) is -1.01. The normalized spacial score (nSPS) is 34.1. The molecule has 0 aromatic heterocycles.